The number of hydrogen-bond acceptors (Lipinski definition) is 4. The summed E-state index contributed by atoms with van der Waals surface area (Å²) in [6.07, 6.45) is 3.23. The molecule has 1 aromatic carbocycles. The Bertz CT molecular complexity index is 767. The van der Waals surface area contributed by atoms with Gasteiger partial charge in [0, 0.05) is 11.8 Å². The second-order valence-corrected chi connectivity index (χ2v) is 5.45. The molecule has 2 heterocycles. The average Bonchev–Trinajstić information content (AvgIpc) is 2.77. The largest absolute Gasteiger partial charge is 0.251 e. The van der Waals surface area contributed by atoms with Crippen molar-refractivity contribution in [2.75, 3.05) is 6.26 Å². The van der Waals surface area contributed by atoms with E-state index < -0.39 is 10.8 Å². The van der Waals surface area contributed by atoms with E-state index in [1.807, 2.05) is 37.3 Å². The van der Waals surface area contributed by atoms with Crippen LogP contribution in [0.2, 0.25) is 0 Å². The summed E-state index contributed by atoms with van der Waals surface area (Å²) in [4.78, 5) is 8.62. The van der Waals surface area contributed by atoms with E-state index in [9.17, 15) is 4.21 Å². The maximum Gasteiger partial charge on any atom is 0.237 e. The molecule has 6 heteroatoms. The summed E-state index contributed by atoms with van der Waals surface area (Å²) in [6.45, 7) is 1.91. The molecule has 0 aliphatic heterocycles. The first kappa shape index (κ1) is 12.0. The summed E-state index contributed by atoms with van der Waals surface area (Å²) in [5.74, 6) is 0.738. The number of hydrogen-bond donors (Lipinski definition) is 0. The molecule has 2 aromatic heterocycles. The molecule has 3 rings (SSSR count). The van der Waals surface area contributed by atoms with Gasteiger partial charge in [0.05, 0.1) is 22.7 Å². The smallest absolute Gasteiger partial charge is 0.237 e. The highest BCUT2D eigenvalue weighted by molar-refractivity contribution is 7.84. The quantitative estimate of drug-likeness (QED) is 0.714. The van der Waals surface area contributed by atoms with Crippen LogP contribution in [0.4, 0.5) is 0 Å². The molecule has 0 fully saturated rings. The van der Waals surface area contributed by atoms with Crippen LogP contribution >= 0.6 is 0 Å². The average molecular weight is 272 g/mol. The van der Waals surface area contributed by atoms with Gasteiger partial charge in [-0.1, -0.05) is 30.3 Å². The zero-order valence-electron chi connectivity index (χ0n) is 10.6. The zero-order chi connectivity index (χ0) is 13.4. The van der Waals surface area contributed by atoms with Crippen molar-refractivity contribution in [1.29, 1.82) is 0 Å². The first-order valence-electron chi connectivity index (χ1n) is 5.78. The van der Waals surface area contributed by atoms with Gasteiger partial charge < -0.3 is 0 Å². The van der Waals surface area contributed by atoms with E-state index in [0.717, 1.165) is 22.6 Å². The molecular formula is C13H12N4OS. The lowest BCUT2D eigenvalue weighted by molar-refractivity contribution is 0.672. The molecule has 0 bridgehead atoms. The lowest BCUT2D eigenvalue weighted by Crippen LogP contribution is -2.03. The molecule has 0 spiro atoms. The van der Waals surface area contributed by atoms with Crippen LogP contribution in [-0.2, 0) is 10.8 Å². The van der Waals surface area contributed by atoms with Crippen molar-refractivity contribution in [2.45, 2.75) is 12.1 Å². The summed E-state index contributed by atoms with van der Waals surface area (Å²) in [7, 11) is -1.21. The predicted molar refractivity (Wildman–Crippen MR) is 73.3 cm³/mol. The van der Waals surface area contributed by atoms with Gasteiger partial charge in [-0.15, -0.1) is 5.10 Å². The van der Waals surface area contributed by atoms with Gasteiger partial charge in [-0.05, 0) is 6.92 Å². The molecular weight excluding hydrogens is 260 g/mol. The fourth-order valence-electron chi connectivity index (χ4n) is 1.91. The van der Waals surface area contributed by atoms with Crippen molar-refractivity contribution in [1.82, 2.24) is 19.6 Å². The van der Waals surface area contributed by atoms with Gasteiger partial charge in [0.1, 0.15) is 5.52 Å². The monoisotopic (exact) mass is 272 g/mol. The first-order chi connectivity index (χ1) is 9.16. The number of nitrogens with zero attached hydrogens (tertiary/aromatic N) is 4. The number of fused-ring (bicyclic) bond motifs is 1. The molecule has 0 saturated carbocycles. The normalized spacial score (nSPS) is 12.7. The second-order valence-electron chi connectivity index (χ2n) is 4.18. The van der Waals surface area contributed by atoms with Gasteiger partial charge >= 0.3 is 0 Å². The molecule has 5 nitrogen and oxygen atoms in total. The van der Waals surface area contributed by atoms with E-state index in [4.69, 9.17) is 0 Å². The van der Waals surface area contributed by atoms with Gasteiger partial charge in [-0.2, -0.15) is 0 Å². The van der Waals surface area contributed by atoms with Crippen molar-refractivity contribution >= 4 is 16.3 Å². The van der Waals surface area contributed by atoms with E-state index >= 15 is 0 Å². The van der Waals surface area contributed by atoms with Crippen molar-refractivity contribution in [3.63, 3.8) is 0 Å². The molecule has 0 radical (unpaired) electrons. The van der Waals surface area contributed by atoms with Gasteiger partial charge in [-0.25, -0.2) is 14.5 Å². The molecule has 0 saturated heterocycles. The Morgan fingerprint density at radius 2 is 1.95 bits per heavy atom. The minimum Gasteiger partial charge on any atom is -0.251 e. The SMILES string of the molecule is Cc1nc(-c2ccccc2)n2nc(S(C)=O)ncc12. The molecule has 0 aliphatic rings. The van der Waals surface area contributed by atoms with Crippen LogP contribution in [0.5, 0.6) is 0 Å². The number of benzene rings is 1. The third kappa shape index (κ3) is 2.04. The Labute approximate surface area is 112 Å². The van der Waals surface area contributed by atoms with Crippen LogP contribution in [0.3, 0.4) is 0 Å². The molecule has 19 heavy (non-hydrogen) atoms. The van der Waals surface area contributed by atoms with Crippen molar-refractivity contribution in [2.24, 2.45) is 0 Å². The Balaban J connectivity index is 2.30. The van der Waals surface area contributed by atoms with Gasteiger partial charge in [0.2, 0.25) is 5.16 Å². The van der Waals surface area contributed by atoms with E-state index in [-0.39, 0.29) is 0 Å². The summed E-state index contributed by atoms with van der Waals surface area (Å²) in [5, 5.41) is 4.62. The fourth-order valence-corrected chi connectivity index (χ4v) is 2.31. The maximum atomic E-state index is 11.5. The maximum absolute atomic E-state index is 11.5. The third-order valence-electron chi connectivity index (χ3n) is 2.85. The third-order valence-corrected chi connectivity index (χ3v) is 3.55. The number of aryl methyl sites for hydroxylation is 1. The zero-order valence-corrected chi connectivity index (χ0v) is 11.4. The molecule has 3 aromatic rings. The molecule has 1 atom stereocenters. The highest BCUT2D eigenvalue weighted by atomic mass is 32.2. The van der Waals surface area contributed by atoms with Crippen molar-refractivity contribution in [3.05, 3.63) is 42.2 Å². The van der Waals surface area contributed by atoms with Gasteiger partial charge in [0.25, 0.3) is 0 Å². The van der Waals surface area contributed by atoms with Crippen LogP contribution in [0.25, 0.3) is 16.9 Å². The number of rotatable bonds is 2. The Morgan fingerprint density at radius 1 is 1.21 bits per heavy atom. The lowest BCUT2D eigenvalue weighted by atomic mass is 10.2. The Morgan fingerprint density at radius 3 is 2.63 bits per heavy atom. The lowest BCUT2D eigenvalue weighted by Gasteiger charge is -2.01. The van der Waals surface area contributed by atoms with Crippen LogP contribution in [0.15, 0.2) is 41.7 Å². The fraction of sp³-hybridized carbons (Fsp3) is 0.154. The van der Waals surface area contributed by atoms with Crippen LogP contribution in [0.1, 0.15) is 5.69 Å². The minimum atomic E-state index is -1.21. The summed E-state index contributed by atoms with van der Waals surface area (Å²) < 4.78 is 13.2. The van der Waals surface area contributed by atoms with Crippen LogP contribution in [0, 0.1) is 6.92 Å². The number of aromatic nitrogens is 4. The topological polar surface area (TPSA) is 60.2 Å². The van der Waals surface area contributed by atoms with E-state index in [1.165, 1.54) is 0 Å². The van der Waals surface area contributed by atoms with E-state index in [1.54, 1.807) is 17.0 Å². The molecule has 0 aliphatic carbocycles. The van der Waals surface area contributed by atoms with Crippen LogP contribution in [-0.4, -0.2) is 30.0 Å². The highest BCUT2D eigenvalue weighted by Crippen LogP contribution is 2.21. The van der Waals surface area contributed by atoms with Crippen molar-refractivity contribution < 1.29 is 4.21 Å². The molecule has 0 amide bonds. The Kier molecular flexibility index (Phi) is 2.87. The molecule has 96 valence electrons. The van der Waals surface area contributed by atoms with Crippen molar-refractivity contribution in [3.8, 4) is 11.4 Å². The van der Waals surface area contributed by atoms with Gasteiger partial charge in [-0.3, -0.25) is 4.21 Å². The second kappa shape index (κ2) is 4.55. The van der Waals surface area contributed by atoms with E-state index in [2.05, 4.69) is 15.1 Å². The summed E-state index contributed by atoms with van der Waals surface area (Å²) in [5.41, 5.74) is 2.65. The molecule has 1 unspecified atom stereocenters. The molecule has 0 N–H and O–H groups in total. The summed E-state index contributed by atoms with van der Waals surface area (Å²) >= 11 is 0. The van der Waals surface area contributed by atoms with Gasteiger partial charge in [0.15, 0.2) is 5.82 Å². The highest BCUT2D eigenvalue weighted by Gasteiger charge is 2.13. The predicted octanol–water partition coefficient (Wildman–Crippen LogP) is 1.84. The summed E-state index contributed by atoms with van der Waals surface area (Å²) in [6, 6.07) is 9.79. The Hall–Kier alpha value is -2.08. The van der Waals surface area contributed by atoms with Crippen LogP contribution < -0.4 is 0 Å². The first-order valence-corrected chi connectivity index (χ1v) is 7.34. The minimum absolute atomic E-state index is 0.307. The standard InChI is InChI=1S/C13H12N4OS/c1-9-11-8-14-13(19(2)18)16-17(11)12(15-9)10-6-4-3-5-7-10/h3-8H,1-2H3. The van der Waals surface area contributed by atoms with E-state index in [0.29, 0.717) is 5.16 Å². The number of imidazole rings is 1.